The second-order valence-corrected chi connectivity index (χ2v) is 4.56. The molecule has 0 saturated carbocycles. The normalized spacial score (nSPS) is 10.1. The molecule has 0 aliphatic carbocycles. The average Bonchev–Trinajstić information content (AvgIpc) is 2.43. The number of amides is 1. The highest BCUT2D eigenvalue weighted by molar-refractivity contribution is 6.31. The van der Waals surface area contributed by atoms with Gasteiger partial charge in [0.2, 0.25) is 0 Å². The number of carbonyl (C=O) groups is 2. The van der Waals surface area contributed by atoms with E-state index in [4.69, 9.17) is 16.7 Å². The quantitative estimate of drug-likeness (QED) is 0.911. The van der Waals surface area contributed by atoms with Gasteiger partial charge in [0.1, 0.15) is 5.69 Å². The highest BCUT2D eigenvalue weighted by atomic mass is 35.5. The lowest BCUT2D eigenvalue weighted by Crippen LogP contribution is -2.13. The zero-order valence-electron chi connectivity index (χ0n) is 10.6. The maximum Gasteiger partial charge on any atom is 0.354 e. The summed E-state index contributed by atoms with van der Waals surface area (Å²) in [6.07, 6.45) is 1.28. The van der Waals surface area contributed by atoms with Crippen molar-refractivity contribution in [2.24, 2.45) is 0 Å². The predicted molar refractivity (Wildman–Crippen MR) is 75.3 cm³/mol. The lowest BCUT2D eigenvalue weighted by Gasteiger charge is -2.07. The second-order valence-electron chi connectivity index (χ2n) is 4.15. The number of rotatable bonds is 3. The standard InChI is InChI=1S/C14H11ClN2O3/c1-8-2-3-10(7-11(8)15)17-13(18)9-4-5-16-12(6-9)14(19)20/h2-7H,1H3,(H,17,18)(H,19,20). The number of halogens is 1. The van der Waals surface area contributed by atoms with Crippen molar-refractivity contribution in [3.8, 4) is 0 Å². The minimum absolute atomic E-state index is 0.181. The van der Waals surface area contributed by atoms with Crippen molar-refractivity contribution in [3.63, 3.8) is 0 Å². The van der Waals surface area contributed by atoms with Gasteiger partial charge in [0.05, 0.1) is 0 Å². The Hall–Kier alpha value is -2.40. The fourth-order valence-electron chi connectivity index (χ4n) is 1.56. The molecule has 0 spiro atoms. The Labute approximate surface area is 120 Å². The van der Waals surface area contributed by atoms with Gasteiger partial charge < -0.3 is 10.4 Å². The fourth-order valence-corrected chi connectivity index (χ4v) is 1.74. The van der Waals surface area contributed by atoms with E-state index in [0.29, 0.717) is 10.7 Å². The molecule has 2 rings (SSSR count). The van der Waals surface area contributed by atoms with Crippen LogP contribution in [-0.4, -0.2) is 22.0 Å². The first-order valence-corrected chi connectivity index (χ1v) is 6.12. The number of pyridine rings is 1. The first kappa shape index (κ1) is 14.0. The molecule has 0 aliphatic heterocycles. The number of hydrogen-bond acceptors (Lipinski definition) is 3. The summed E-state index contributed by atoms with van der Waals surface area (Å²) < 4.78 is 0. The summed E-state index contributed by atoms with van der Waals surface area (Å²) in [7, 11) is 0. The lowest BCUT2D eigenvalue weighted by atomic mass is 10.2. The van der Waals surface area contributed by atoms with E-state index in [1.54, 1.807) is 18.2 Å². The maximum absolute atomic E-state index is 12.0. The minimum Gasteiger partial charge on any atom is -0.477 e. The summed E-state index contributed by atoms with van der Waals surface area (Å²) >= 11 is 5.97. The molecule has 0 atom stereocenters. The van der Waals surface area contributed by atoms with Crippen LogP contribution in [0.5, 0.6) is 0 Å². The molecule has 1 aromatic carbocycles. The second kappa shape index (κ2) is 5.71. The van der Waals surface area contributed by atoms with Crippen LogP contribution in [0.3, 0.4) is 0 Å². The zero-order valence-corrected chi connectivity index (χ0v) is 11.3. The highest BCUT2D eigenvalue weighted by Gasteiger charge is 2.11. The Bertz CT molecular complexity index is 686. The summed E-state index contributed by atoms with van der Waals surface area (Å²) in [4.78, 5) is 26.5. The van der Waals surface area contributed by atoms with Crippen LogP contribution in [-0.2, 0) is 0 Å². The molecule has 0 bridgehead atoms. The van der Waals surface area contributed by atoms with Gasteiger partial charge in [0.25, 0.3) is 5.91 Å². The van der Waals surface area contributed by atoms with Crippen LogP contribution in [0.15, 0.2) is 36.5 Å². The molecule has 1 aromatic heterocycles. The van der Waals surface area contributed by atoms with E-state index in [2.05, 4.69) is 10.3 Å². The van der Waals surface area contributed by atoms with E-state index in [-0.39, 0.29) is 11.3 Å². The smallest absolute Gasteiger partial charge is 0.354 e. The highest BCUT2D eigenvalue weighted by Crippen LogP contribution is 2.20. The molecule has 102 valence electrons. The van der Waals surface area contributed by atoms with Gasteiger partial charge in [-0.15, -0.1) is 0 Å². The van der Waals surface area contributed by atoms with E-state index >= 15 is 0 Å². The molecule has 0 unspecified atom stereocenters. The van der Waals surface area contributed by atoms with E-state index in [1.165, 1.54) is 18.3 Å². The first-order valence-electron chi connectivity index (χ1n) is 5.74. The topological polar surface area (TPSA) is 79.3 Å². The average molecular weight is 291 g/mol. The molecule has 2 aromatic rings. The number of benzene rings is 1. The summed E-state index contributed by atoms with van der Waals surface area (Å²) in [5.74, 6) is -1.60. The van der Waals surface area contributed by atoms with Gasteiger partial charge in [-0.2, -0.15) is 0 Å². The van der Waals surface area contributed by atoms with Crippen molar-refractivity contribution in [2.75, 3.05) is 5.32 Å². The number of hydrogen-bond donors (Lipinski definition) is 2. The molecule has 5 nitrogen and oxygen atoms in total. The number of nitrogens with zero attached hydrogens (tertiary/aromatic N) is 1. The van der Waals surface area contributed by atoms with Crippen molar-refractivity contribution in [1.29, 1.82) is 0 Å². The van der Waals surface area contributed by atoms with Crippen LogP contribution in [0.25, 0.3) is 0 Å². The minimum atomic E-state index is -1.18. The summed E-state index contributed by atoms with van der Waals surface area (Å²) in [6.45, 7) is 1.86. The third-order valence-corrected chi connectivity index (χ3v) is 3.08. The third kappa shape index (κ3) is 3.13. The summed E-state index contributed by atoms with van der Waals surface area (Å²) in [6, 6.07) is 7.80. The molecule has 0 aliphatic rings. The SMILES string of the molecule is Cc1ccc(NC(=O)c2ccnc(C(=O)O)c2)cc1Cl. The number of aromatic nitrogens is 1. The molecule has 2 N–H and O–H groups in total. The zero-order chi connectivity index (χ0) is 14.7. The molecule has 0 radical (unpaired) electrons. The summed E-state index contributed by atoms with van der Waals surface area (Å²) in [5.41, 5.74) is 1.48. The van der Waals surface area contributed by atoms with E-state index in [9.17, 15) is 9.59 Å². The van der Waals surface area contributed by atoms with Gasteiger partial charge in [-0.3, -0.25) is 4.79 Å². The third-order valence-electron chi connectivity index (χ3n) is 2.67. The Morgan fingerprint density at radius 3 is 2.65 bits per heavy atom. The molecule has 0 fully saturated rings. The Balaban J connectivity index is 2.21. The first-order chi connectivity index (χ1) is 9.47. The van der Waals surface area contributed by atoms with Gasteiger partial charge in [-0.05, 0) is 36.8 Å². The monoisotopic (exact) mass is 290 g/mol. The van der Waals surface area contributed by atoms with E-state index in [1.807, 2.05) is 6.92 Å². The number of carboxylic acids is 1. The van der Waals surface area contributed by atoms with Crippen molar-refractivity contribution < 1.29 is 14.7 Å². The Kier molecular flexibility index (Phi) is 4.00. The van der Waals surface area contributed by atoms with Gasteiger partial charge in [0, 0.05) is 22.5 Å². The number of anilines is 1. The molecular weight excluding hydrogens is 280 g/mol. The van der Waals surface area contributed by atoms with Crippen molar-refractivity contribution in [3.05, 3.63) is 58.4 Å². The number of carbonyl (C=O) groups excluding carboxylic acids is 1. The number of nitrogens with one attached hydrogen (secondary N) is 1. The van der Waals surface area contributed by atoms with Crippen LogP contribution >= 0.6 is 11.6 Å². The summed E-state index contributed by atoms with van der Waals surface area (Å²) in [5, 5.41) is 12.0. The van der Waals surface area contributed by atoms with Crippen LogP contribution in [0.4, 0.5) is 5.69 Å². The van der Waals surface area contributed by atoms with Gasteiger partial charge >= 0.3 is 5.97 Å². The number of aryl methyl sites for hydroxylation is 1. The molecule has 20 heavy (non-hydrogen) atoms. The number of carboxylic acid groups (broad SMARTS) is 1. The largest absolute Gasteiger partial charge is 0.477 e. The fraction of sp³-hybridized carbons (Fsp3) is 0.0714. The van der Waals surface area contributed by atoms with Crippen molar-refractivity contribution in [2.45, 2.75) is 6.92 Å². The van der Waals surface area contributed by atoms with Crippen LogP contribution in [0.1, 0.15) is 26.4 Å². The number of aromatic carboxylic acids is 1. The Morgan fingerprint density at radius 2 is 2.00 bits per heavy atom. The van der Waals surface area contributed by atoms with Gasteiger partial charge in [-0.25, -0.2) is 9.78 Å². The van der Waals surface area contributed by atoms with E-state index < -0.39 is 11.9 Å². The molecule has 1 heterocycles. The van der Waals surface area contributed by atoms with Crippen molar-refractivity contribution >= 4 is 29.2 Å². The van der Waals surface area contributed by atoms with Crippen molar-refractivity contribution in [1.82, 2.24) is 4.98 Å². The van der Waals surface area contributed by atoms with E-state index in [0.717, 1.165) is 5.56 Å². The molecule has 0 saturated heterocycles. The van der Waals surface area contributed by atoms with Crippen LogP contribution in [0.2, 0.25) is 5.02 Å². The molecule has 1 amide bonds. The molecular formula is C14H11ClN2O3. The van der Waals surface area contributed by atoms with Gasteiger partial charge in [-0.1, -0.05) is 17.7 Å². The van der Waals surface area contributed by atoms with Crippen LogP contribution < -0.4 is 5.32 Å². The van der Waals surface area contributed by atoms with Gasteiger partial charge in [0.15, 0.2) is 0 Å². The predicted octanol–water partition coefficient (Wildman–Crippen LogP) is 2.99. The lowest BCUT2D eigenvalue weighted by molar-refractivity contribution is 0.0690. The maximum atomic E-state index is 12.0. The molecule has 6 heteroatoms. The van der Waals surface area contributed by atoms with Crippen LogP contribution in [0, 0.1) is 6.92 Å². The Morgan fingerprint density at radius 1 is 1.25 bits per heavy atom.